The second kappa shape index (κ2) is 5.15. The minimum Gasteiger partial charge on any atom is -0.466 e. The predicted octanol–water partition coefficient (Wildman–Crippen LogP) is 3.35. The molecule has 0 fully saturated rings. The zero-order chi connectivity index (χ0) is 16.0. The number of rotatable bonds is 1. The van der Waals surface area contributed by atoms with E-state index in [1.807, 2.05) is 42.5 Å². The quantitative estimate of drug-likeness (QED) is 0.862. The highest BCUT2D eigenvalue weighted by Crippen LogP contribution is 2.45. The van der Waals surface area contributed by atoms with Crippen molar-refractivity contribution in [2.75, 3.05) is 0 Å². The van der Waals surface area contributed by atoms with Gasteiger partial charge in [0.25, 0.3) is 0 Å². The van der Waals surface area contributed by atoms with Crippen LogP contribution in [0.4, 0.5) is 0 Å². The molecule has 0 saturated carbocycles. The average molecular weight is 322 g/mol. The third kappa shape index (κ3) is 2.09. The van der Waals surface area contributed by atoms with E-state index in [1.54, 1.807) is 6.21 Å². The molecule has 0 saturated heterocycles. The maximum Gasteiger partial charge on any atom is 0.200 e. The standard InChI is InChI=1S/C18H12ClN3O/c19-11-3-1-2-10(8-11)16-13-4-5-15-12(6-7-22-15)17(13)23-18(21)14(16)9-20/h1-8,16-17H,21H2. The molecular weight excluding hydrogens is 310 g/mol. The van der Waals surface area contributed by atoms with E-state index in [0.29, 0.717) is 10.6 Å². The Balaban J connectivity index is 1.91. The van der Waals surface area contributed by atoms with Crippen LogP contribution < -0.4 is 5.73 Å². The molecule has 1 aliphatic carbocycles. The van der Waals surface area contributed by atoms with Crippen LogP contribution in [-0.4, -0.2) is 12.3 Å². The van der Waals surface area contributed by atoms with Crippen molar-refractivity contribution in [2.45, 2.75) is 12.0 Å². The maximum atomic E-state index is 9.56. The van der Waals surface area contributed by atoms with Gasteiger partial charge in [-0.15, -0.1) is 0 Å². The molecule has 0 radical (unpaired) electrons. The van der Waals surface area contributed by atoms with Crippen molar-refractivity contribution < 1.29 is 4.74 Å². The monoisotopic (exact) mass is 321 g/mol. The van der Waals surface area contributed by atoms with Crippen LogP contribution in [0.5, 0.6) is 0 Å². The van der Waals surface area contributed by atoms with Crippen LogP contribution >= 0.6 is 11.6 Å². The molecule has 112 valence electrons. The largest absolute Gasteiger partial charge is 0.466 e. The molecule has 0 amide bonds. The summed E-state index contributed by atoms with van der Waals surface area (Å²) in [4.78, 5) is 4.30. The summed E-state index contributed by atoms with van der Waals surface area (Å²) in [6.07, 6.45) is 7.26. The summed E-state index contributed by atoms with van der Waals surface area (Å²) in [5.74, 6) is -0.106. The topological polar surface area (TPSA) is 71.4 Å². The molecule has 0 bridgehead atoms. The van der Waals surface area contributed by atoms with Crippen molar-refractivity contribution in [1.29, 1.82) is 5.26 Å². The van der Waals surface area contributed by atoms with E-state index < -0.39 is 0 Å². The number of aliphatic imine (C=N–C) groups is 1. The van der Waals surface area contributed by atoms with E-state index in [2.05, 4.69) is 11.1 Å². The predicted molar refractivity (Wildman–Crippen MR) is 88.6 cm³/mol. The molecule has 3 aliphatic rings. The van der Waals surface area contributed by atoms with Gasteiger partial charge in [-0.25, -0.2) is 0 Å². The zero-order valence-corrected chi connectivity index (χ0v) is 12.8. The van der Waals surface area contributed by atoms with Crippen molar-refractivity contribution in [1.82, 2.24) is 0 Å². The van der Waals surface area contributed by atoms with E-state index in [1.165, 1.54) is 0 Å². The van der Waals surface area contributed by atoms with Crippen molar-refractivity contribution in [3.05, 3.63) is 81.4 Å². The van der Waals surface area contributed by atoms with Gasteiger partial charge in [-0.1, -0.05) is 29.8 Å². The molecule has 2 unspecified atom stereocenters. The highest BCUT2D eigenvalue weighted by Gasteiger charge is 2.40. The SMILES string of the molecule is N#CC1=C(N)OC2C3=CC=NC3=CC=C2C1c1cccc(Cl)c1. The summed E-state index contributed by atoms with van der Waals surface area (Å²) in [6, 6.07) is 9.67. The van der Waals surface area contributed by atoms with Gasteiger partial charge in [-0.3, -0.25) is 4.99 Å². The van der Waals surface area contributed by atoms with Crippen molar-refractivity contribution >= 4 is 17.8 Å². The summed E-state index contributed by atoms with van der Waals surface area (Å²) in [5, 5.41) is 10.2. The van der Waals surface area contributed by atoms with Gasteiger partial charge in [0.2, 0.25) is 0 Å². The molecule has 4 rings (SSSR count). The maximum absolute atomic E-state index is 9.56. The smallest absolute Gasteiger partial charge is 0.200 e. The van der Waals surface area contributed by atoms with E-state index in [-0.39, 0.29) is 17.9 Å². The van der Waals surface area contributed by atoms with Crippen molar-refractivity contribution in [2.24, 2.45) is 10.7 Å². The van der Waals surface area contributed by atoms with Gasteiger partial charge in [0.15, 0.2) is 5.88 Å². The molecule has 0 aromatic heterocycles. The first-order chi connectivity index (χ1) is 11.2. The Morgan fingerprint density at radius 1 is 1.26 bits per heavy atom. The van der Waals surface area contributed by atoms with Gasteiger partial charge >= 0.3 is 0 Å². The molecule has 2 aliphatic heterocycles. The number of ether oxygens (including phenoxy) is 1. The summed E-state index contributed by atoms with van der Waals surface area (Å²) >= 11 is 6.13. The van der Waals surface area contributed by atoms with Gasteiger partial charge in [0.05, 0.1) is 5.70 Å². The first-order valence-electron chi connectivity index (χ1n) is 7.17. The summed E-state index contributed by atoms with van der Waals surface area (Å²) < 4.78 is 5.83. The van der Waals surface area contributed by atoms with Gasteiger partial charge in [-0.05, 0) is 35.4 Å². The lowest BCUT2D eigenvalue weighted by Crippen LogP contribution is -2.33. The molecule has 5 heteroatoms. The number of allylic oxidation sites excluding steroid dienone is 4. The Hall–Kier alpha value is -2.77. The molecule has 2 heterocycles. The Kier molecular flexibility index (Phi) is 3.10. The van der Waals surface area contributed by atoms with Gasteiger partial charge in [-0.2, -0.15) is 5.26 Å². The van der Waals surface area contributed by atoms with Gasteiger partial charge < -0.3 is 10.5 Å². The highest BCUT2D eigenvalue weighted by molar-refractivity contribution is 6.30. The van der Waals surface area contributed by atoms with E-state index >= 15 is 0 Å². The lowest BCUT2D eigenvalue weighted by Gasteiger charge is -2.36. The van der Waals surface area contributed by atoms with Gasteiger partial charge in [0.1, 0.15) is 17.7 Å². The first-order valence-corrected chi connectivity index (χ1v) is 7.55. The average Bonchev–Trinajstić information content (AvgIpc) is 3.02. The van der Waals surface area contributed by atoms with E-state index in [9.17, 15) is 5.26 Å². The summed E-state index contributed by atoms with van der Waals surface area (Å²) in [6.45, 7) is 0. The number of nitrogens with two attached hydrogens (primary N) is 1. The van der Waals surface area contributed by atoms with Crippen LogP contribution in [0.3, 0.4) is 0 Å². The molecular formula is C18H12ClN3O. The van der Waals surface area contributed by atoms with Gasteiger partial charge in [0, 0.05) is 22.7 Å². The molecule has 1 aromatic rings. The fourth-order valence-electron chi connectivity index (χ4n) is 3.20. The molecule has 4 nitrogen and oxygen atoms in total. The van der Waals surface area contributed by atoms with Crippen molar-refractivity contribution in [3.8, 4) is 6.07 Å². The fourth-order valence-corrected chi connectivity index (χ4v) is 3.40. The van der Waals surface area contributed by atoms with Crippen LogP contribution in [0.1, 0.15) is 11.5 Å². The lowest BCUT2D eigenvalue weighted by atomic mass is 9.77. The minimum absolute atomic E-state index is 0.161. The number of hydrogen-bond donors (Lipinski definition) is 1. The zero-order valence-electron chi connectivity index (χ0n) is 12.0. The minimum atomic E-state index is -0.321. The van der Waals surface area contributed by atoms with Crippen LogP contribution in [0.2, 0.25) is 5.02 Å². The normalized spacial score (nSPS) is 24.8. The Morgan fingerprint density at radius 3 is 2.91 bits per heavy atom. The number of fused-ring (bicyclic) bond motifs is 3. The Labute approximate surface area is 138 Å². The highest BCUT2D eigenvalue weighted by atomic mass is 35.5. The Bertz CT molecular complexity index is 899. The molecule has 1 aromatic carbocycles. The lowest BCUT2D eigenvalue weighted by molar-refractivity contribution is 0.152. The summed E-state index contributed by atoms with van der Waals surface area (Å²) in [5.41, 5.74) is 10.2. The van der Waals surface area contributed by atoms with Crippen LogP contribution in [-0.2, 0) is 4.74 Å². The fraction of sp³-hybridized carbons (Fsp3) is 0.111. The third-order valence-electron chi connectivity index (χ3n) is 4.22. The summed E-state index contributed by atoms with van der Waals surface area (Å²) in [7, 11) is 0. The number of halogens is 1. The molecule has 2 N–H and O–H groups in total. The second-order valence-electron chi connectivity index (χ2n) is 5.49. The molecule has 0 spiro atoms. The second-order valence-corrected chi connectivity index (χ2v) is 5.93. The molecule has 2 atom stereocenters. The van der Waals surface area contributed by atoms with E-state index in [0.717, 1.165) is 22.4 Å². The van der Waals surface area contributed by atoms with Crippen molar-refractivity contribution in [3.63, 3.8) is 0 Å². The third-order valence-corrected chi connectivity index (χ3v) is 4.45. The first kappa shape index (κ1) is 13.9. The Morgan fingerprint density at radius 2 is 2.13 bits per heavy atom. The number of hydrogen-bond acceptors (Lipinski definition) is 4. The van der Waals surface area contributed by atoms with Crippen LogP contribution in [0.15, 0.2) is 75.8 Å². The molecule has 23 heavy (non-hydrogen) atoms. The van der Waals surface area contributed by atoms with Crippen LogP contribution in [0, 0.1) is 11.3 Å². The number of nitrogens with zero attached hydrogens (tertiary/aromatic N) is 2. The number of benzene rings is 1. The van der Waals surface area contributed by atoms with E-state index in [4.69, 9.17) is 22.1 Å². The number of nitriles is 1. The van der Waals surface area contributed by atoms with Crippen LogP contribution in [0.25, 0.3) is 0 Å².